The molecule has 0 bridgehead atoms. The summed E-state index contributed by atoms with van der Waals surface area (Å²) >= 11 is 3.32. The highest BCUT2D eigenvalue weighted by Crippen LogP contribution is 2.22. The number of aliphatic carboxylic acids is 1. The minimum Gasteiger partial charge on any atom is -0.481 e. The van der Waals surface area contributed by atoms with Crippen LogP contribution in [0.2, 0.25) is 0 Å². The lowest BCUT2D eigenvalue weighted by molar-refractivity contribution is -0.136. The first-order chi connectivity index (χ1) is 9.54. The first-order valence-electron chi connectivity index (χ1n) is 5.91. The van der Waals surface area contributed by atoms with Gasteiger partial charge >= 0.3 is 5.97 Å². The van der Waals surface area contributed by atoms with Crippen molar-refractivity contribution < 1.29 is 14.3 Å². The fourth-order valence-corrected chi connectivity index (χ4v) is 2.52. The summed E-state index contributed by atoms with van der Waals surface area (Å²) in [5, 5.41) is 9.75. The van der Waals surface area contributed by atoms with Gasteiger partial charge < -0.3 is 9.52 Å². The molecule has 0 unspecified atom stereocenters. The van der Waals surface area contributed by atoms with Gasteiger partial charge in [-0.2, -0.15) is 0 Å². The molecule has 1 N–H and O–H groups in total. The van der Waals surface area contributed by atoms with Crippen LogP contribution in [0.4, 0.5) is 0 Å². The van der Waals surface area contributed by atoms with E-state index in [2.05, 4.69) is 15.9 Å². The van der Waals surface area contributed by atoms with Crippen LogP contribution in [0.1, 0.15) is 5.56 Å². The Bertz CT molecular complexity index is 895. The van der Waals surface area contributed by atoms with Gasteiger partial charge in [0, 0.05) is 4.47 Å². The van der Waals surface area contributed by atoms with Gasteiger partial charge in [0.05, 0.1) is 17.2 Å². The Morgan fingerprint density at radius 3 is 2.65 bits per heavy atom. The van der Waals surface area contributed by atoms with E-state index in [0.717, 1.165) is 4.47 Å². The zero-order chi connectivity index (χ0) is 14.3. The van der Waals surface area contributed by atoms with Gasteiger partial charge in [-0.25, -0.2) is 0 Å². The average Bonchev–Trinajstić information content (AvgIpc) is 2.39. The van der Waals surface area contributed by atoms with Crippen molar-refractivity contribution >= 4 is 43.8 Å². The maximum atomic E-state index is 12.4. The zero-order valence-corrected chi connectivity index (χ0v) is 11.8. The Labute approximate surface area is 121 Å². The third-order valence-corrected chi connectivity index (χ3v) is 3.55. The largest absolute Gasteiger partial charge is 0.481 e. The number of hydrogen-bond acceptors (Lipinski definition) is 3. The molecular formula is C15H9BrO4. The number of hydrogen-bond donors (Lipinski definition) is 1. The molecule has 0 radical (unpaired) electrons. The molecule has 0 fully saturated rings. The van der Waals surface area contributed by atoms with E-state index in [1.165, 1.54) is 0 Å². The van der Waals surface area contributed by atoms with Crippen molar-refractivity contribution in [3.05, 3.63) is 56.7 Å². The summed E-state index contributed by atoms with van der Waals surface area (Å²) < 4.78 is 6.50. The summed E-state index contributed by atoms with van der Waals surface area (Å²) in [5.41, 5.74) is 1.37. The van der Waals surface area contributed by atoms with E-state index in [4.69, 9.17) is 9.52 Å². The predicted octanol–water partition coefficient (Wildman–Crippen LogP) is 3.34. The van der Waals surface area contributed by atoms with Crippen molar-refractivity contribution in [3.8, 4) is 0 Å². The number of benzene rings is 2. The lowest BCUT2D eigenvalue weighted by Crippen LogP contribution is -2.04. The number of carboxylic acids is 1. The Morgan fingerprint density at radius 1 is 1.10 bits per heavy atom. The van der Waals surface area contributed by atoms with Crippen molar-refractivity contribution in [1.82, 2.24) is 0 Å². The van der Waals surface area contributed by atoms with E-state index in [0.29, 0.717) is 27.5 Å². The molecule has 1 aromatic heterocycles. The topological polar surface area (TPSA) is 67.5 Å². The van der Waals surface area contributed by atoms with Crippen LogP contribution in [0, 0.1) is 0 Å². The highest BCUT2D eigenvalue weighted by molar-refractivity contribution is 9.10. The SMILES string of the molecule is O=C(O)Cc1ccc2c(=O)c3cc(Br)ccc3oc2c1. The van der Waals surface area contributed by atoms with Crippen molar-refractivity contribution in [2.45, 2.75) is 6.42 Å². The first-order valence-corrected chi connectivity index (χ1v) is 6.71. The summed E-state index contributed by atoms with van der Waals surface area (Å²) in [6.07, 6.45) is -0.0992. The van der Waals surface area contributed by atoms with E-state index >= 15 is 0 Å². The molecule has 5 heteroatoms. The van der Waals surface area contributed by atoms with Gasteiger partial charge in [0.2, 0.25) is 5.43 Å². The third kappa shape index (κ3) is 2.20. The summed E-state index contributed by atoms with van der Waals surface area (Å²) in [6.45, 7) is 0. The second-order valence-corrected chi connectivity index (χ2v) is 5.39. The van der Waals surface area contributed by atoms with Crippen molar-refractivity contribution in [2.75, 3.05) is 0 Å². The Morgan fingerprint density at radius 2 is 1.90 bits per heavy atom. The lowest BCUT2D eigenvalue weighted by atomic mass is 10.1. The summed E-state index contributed by atoms with van der Waals surface area (Å²) in [7, 11) is 0. The van der Waals surface area contributed by atoms with Crippen LogP contribution >= 0.6 is 15.9 Å². The van der Waals surface area contributed by atoms with E-state index in [1.807, 2.05) is 0 Å². The van der Waals surface area contributed by atoms with Gasteiger partial charge in [-0.05, 0) is 35.9 Å². The van der Waals surface area contributed by atoms with Crippen LogP contribution in [0.25, 0.3) is 21.9 Å². The number of halogens is 1. The predicted molar refractivity (Wildman–Crippen MR) is 79.0 cm³/mol. The number of rotatable bonds is 2. The molecule has 3 aromatic rings. The van der Waals surface area contributed by atoms with Crippen LogP contribution in [0.3, 0.4) is 0 Å². The maximum absolute atomic E-state index is 12.4. The van der Waals surface area contributed by atoms with Gasteiger partial charge in [0.15, 0.2) is 0 Å². The van der Waals surface area contributed by atoms with Gasteiger partial charge in [-0.1, -0.05) is 22.0 Å². The molecule has 3 rings (SSSR count). The molecule has 2 aromatic carbocycles. The highest BCUT2D eigenvalue weighted by Gasteiger charge is 2.09. The van der Waals surface area contributed by atoms with E-state index in [-0.39, 0.29) is 11.8 Å². The lowest BCUT2D eigenvalue weighted by Gasteiger charge is -2.03. The van der Waals surface area contributed by atoms with E-state index in [1.54, 1.807) is 36.4 Å². The minimum absolute atomic E-state index is 0.0992. The Hall–Kier alpha value is -2.14. The smallest absolute Gasteiger partial charge is 0.307 e. The molecule has 0 aliphatic heterocycles. The monoisotopic (exact) mass is 332 g/mol. The van der Waals surface area contributed by atoms with Crippen LogP contribution < -0.4 is 5.43 Å². The van der Waals surface area contributed by atoms with E-state index in [9.17, 15) is 9.59 Å². The average molecular weight is 333 g/mol. The maximum Gasteiger partial charge on any atom is 0.307 e. The molecule has 20 heavy (non-hydrogen) atoms. The fraction of sp³-hybridized carbons (Fsp3) is 0.0667. The number of carbonyl (C=O) groups is 1. The molecule has 0 spiro atoms. The zero-order valence-electron chi connectivity index (χ0n) is 10.2. The molecule has 0 atom stereocenters. The number of carboxylic acid groups (broad SMARTS) is 1. The molecule has 100 valence electrons. The van der Waals surface area contributed by atoms with Crippen molar-refractivity contribution in [1.29, 1.82) is 0 Å². The molecule has 0 aliphatic carbocycles. The molecular weight excluding hydrogens is 324 g/mol. The molecule has 0 saturated heterocycles. The second-order valence-electron chi connectivity index (χ2n) is 4.47. The van der Waals surface area contributed by atoms with Gasteiger partial charge in [0.1, 0.15) is 11.2 Å². The molecule has 0 saturated carbocycles. The van der Waals surface area contributed by atoms with Gasteiger partial charge in [0.25, 0.3) is 0 Å². The second kappa shape index (κ2) is 4.76. The van der Waals surface area contributed by atoms with Gasteiger partial charge in [-0.15, -0.1) is 0 Å². The number of fused-ring (bicyclic) bond motifs is 2. The fourth-order valence-electron chi connectivity index (χ4n) is 2.16. The summed E-state index contributed by atoms with van der Waals surface area (Å²) in [5.74, 6) is -0.920. The molecule has 0 aliphatic rings. The van der Waals surface area contributed by atoms with Crippen LogP contribution in [-0.2, 0) is 11.2 Å². The Balaban J connectivity index is 2.32. The molecule has 4 nitrogen and oxygen atoms in total. The summed E-state index contributed by atoms with van der Waals surface area (Å²) in [4.78, 5) is 23.1. The van der Waals surface area contributed by atoms with Crippen LogP contribution in [0.15, 0.2) is 50.1 Å². The van der Waals surface area contributed by atoms with Crippen molar-refractivity contribution in [2.24, 2.45) is 0 Å². The normalized spacial score (nSPS) is 11.1. The third-order valence-electron chi connectivity index (χ3n) is 3.05. The van der Waals surface area contributed by atoms with E-state index < -0.39 is 5.97 Å². The van der Waals surface area contributed by atoms with Crippen LogP contribution in [0.5, 0.6) is 0 Å². The minimum atomic E-state index is -0.920. The standard InChI is InChI=1S/C15H9BrO4/c16-9-2-4-12-11(7-9)15(19)10-3-1-8(6-14(17)18)5-13(10)20-12/h1-5,7H,6H2,(H,17,18). The quantitative estimate of drug-likeness (QED) is 0.731. The van der Waals surface area contributed by atoms with Crippen LogP contribution in [-0.4, -0.2) is 11.1 Å². The first kappa shape index (κ1) is 12.9. The van der Waals surface area contributed by atoms with Crippen molar-refractivity contribution in [3.63, 3.8) is 0 Å². The van der Waals surface area contributed by atoms with Gasteiger partial charge in [-0.3, -0.25) is 9.59 Å². The Kier molecular flexibility index (Phi) is 3.06. The molecule has 0 amide bonds. The summed E-state index contributed by atoms with van der Waals surface area (Å²) in [6, 6.07) is 10.1. The molecule has 1 heterocycles. The highest BCUT2D eigenvalue weighted by atomic mass is 79.9.